The van der Waals surface area contributed by atoms with Crippen LogP contribution in [0.15, 0.2) is 0 Å². The molecule has 0 aromatic heterocycles. The van der Waals surface area contributed by atoms with Crippen molar-refractivity contribution in [2.45, 2.75) is 56.5 Å². The van der Waals surface area contributed by atoms with Crippen LogP contribution in [0.2, 0.25) is 0 Å². The molecular weight excluding hydrogens is 200 g/mol. The van der Waals surface area contributed by atoms with Gasteiger partial charge in [-0.15, -0.1) is 0 Å². The third-order valence-corrected chi connectivity index (χ3v) is 4.57. The number of aliphatic hydroxyl groups is 1. The smallest absolute Gasteiger partial charge is 0.0613 e. The van der Waals surface area contributed by atoms with E-state index in [2.05, 4.69) is 10.2 Å². The highest BCUT2D eigenvalue weighted by Gasteiger charge is 2.39. The second-order valence-corrected chi connectivity index (χ2v) is 5.54. The zero-order valence-corrected chi connectivity index (χ0v) is 10.5. The molecule has 2 aliphatic rings. The lowest BCUT2D eigenvalue weighted by Crippen LogP contribution is -2.46. The molecule has 0 amide bonds. The summed E-state index contributed by atoms with van der Waals surface area (Å²) in [6.45, 7) is 2.83. The molecule has 1 aliphatic carbocycles. The summed E-state index contributed by atoms with van der Waals surface area (Å²) in [5.41, 5.74) is 0.0109. The van der Waals surface area contributed by atoms with Crippen molar-refractivity contribution in [3.8, 4) is 0 Å². The van der Waals surface area contributed by atoms with Crippen LogP contribution < -0.4 is 5.32 Å². The normalized spacial score (nSPS) is 37.5. The molecule has 0 aromatic rings. The molecule has 1 saturated carbocycles. The van der Waals surface area contributed by atoms with Crippen molar-refractivity contribution in [1.82, 2.24) is 10.2 Å². The minimum absolute atomic E-state index is 0.0109. The van der Waals surface area contributed by atoms with Gasteiger partial charge in [0, 0.05) is 11.6 Å². The third kappa shape index (κ3) is 2.58. The Balaban J connectivity index is 1.91. The number of hydrogen-bond acceptors (Lipinski definition) is 3. The van der Waals surface area contributed by atoms with Crippen LogP contribution in [0.5, 0.6) is 0 Å². The topological polar surface area (TPSA) is 35.5 Å². The molecule has 0 radical (unpaired) electrons. The van der Waals surface area contributed by atoms with E-state index in [0.717, 1.165) is 12.8 Å². The standard InChI is InChI=1S/C13H26N2O/c1-14-13(11-16)7-6-12(10-13)15-8-4-2-3-5-9-15/h12,14,16H,2-11H2,1H3. The number of rotatable bonds is 3. The summed E-state index contributed by atoms with van der Waals surface area (Å²) in [5.74, 6) is 0. The van der Waals surface area contributed by atoms with Gasteiger partial charge in [-0.3, -0.25) is 0 Å². The summed E-state index contributed by atoms with van der Waals surface area (Å²) < 4.78 is 0. The first kappa shape index (κ1) is 12.3. The molecule has 1 saturated heterocycles. The fraction of sp³-hybridized carbons (Fsp3) is 1.00. The van der Waals surface area contributed by atoms with Crippen LogP contribution in [0.4, 0.5) is 0 Å². The number of hydrogen-bond donors (Lipinski definition) is 2. The van der Waals surface area contributed by atoms with Gasteiger partial charge >= 0.3 is 0 Å². The average Bonchev–Trinajstić information content (AvgIpc) is 2.57. The Morgan fingerprint density at radius 3 is 2.44 bits per heavy atom. The van der Waals surface area contributed by atoms with E-state index in [1.807, 2.05) is 7.05 Å². The number of nitrogens with one attached hydrogen (secondary N) is 1. The summed E-state index contributed by atoms with van der Waals surface area (Å²) in [6, 6.07) is 0.706. The monoisotopic (exact) mass is 226 g/mol. The van der Waals surface area contributed by atoms with Crippen molar-refractivity contribution in [2.24, 2.45) is 0 Å². The van der Waals surface area contributed by atoms with Crippen molar-refractivity contribution in [2.75, 3.05) is 26.7 Å². The predicted octanol–water partition coefficient (Wildman–Crippen LogP) is 1.37. The fourth-order valence-corrected chi connectivity index (χ4v) is 3.32. The second-order valence-electron chi connectivity index (χ2n) is 5.54. The summed E-state index contributed by atoms with van der Waals surface area (Å²) in [6.07, 6.45) is 9.04. The number of nitrogens with zero attached hydrogens (tertiary/aromatic N) is 1. The zero-order chi connectivity index (χ0) is 11.4. The van der Waals surface area contributed by atoms with Gasteiger partial charge in [-0.05, 0) is 52.2 Å². The highest BCUT2D eigenvalue weighted by molar-refractivity contribution is 4.98. The van der Waals surface area contributed by atoms with Crippen molar-refractivity contribution in [3.63, 3.8) is 0 Å². The van der Waals surface area contributed by atoms with Gasteiger partial charge in [-0.2, -0.15) is 0 Å². The van der Waals surface area contributed by atoms with E-state index in [1.54, 1.807) is 0 Å². The Bertz CT molecular complexity index is 208. The maximum absolute atomic E-state index is 9.51. The van der Waals surface area contributed by atoms with Crippen LogP contribution in [-0.4, -0.2) is 48.3 Å². The van der Waals surface area contributed by atoms with E-state index >= 15 is 0 Å². The number of likely N-dealkylation sites (tertiary alicyclic amines) is 1. The highest BCUT2D eigenvalue weighted by atomic mass is 16.3. The van der Waals surface area contributed by atoms with Gasteiger partial charge < -0.3 is 15.3 Å². The van der Waals surface area contributed by atoms with Gasteiger partial charge in [0.1, 0.15) is 0 Å². The molecule has 2 rings (SSSR count). The molecule has 1 heterocycles. The van der Waals surface area contributed by atoms with Gasteiger partial charge in [-0.1, -0.05) is 12.8 Å². The van der Waals surface area contributed by atoms with Crippen LogP contribution in [0.3, 0.4) is 0 Å². The Hall–Kier alpha value is -0.120. The van der Waals surface area contributed by atoms with E-state index in [-0.39, 0.29) is 12.1 Å². The van der Waals surface area contributed by atoms with Crippen molar-refractivity contribution in [3.05, 3.63) is 0 Å². The molecule has 2 unspecified atom stereocenters. The maximum atomic E-state index is 9.51. The first-order valence-electron chi connectivity index (χ1n) is 6.83. The van der Waals surface area contributed by atoms with Gasteiger partial charge in [0.25, 0.3) is 0 Å². The number of aliphatic hydroxyl groups excluding tert-OH is 1. The lowest BCUT2D eigenvalue weighted by Gasteiger charge is -2.30. The molecule has 2 fully saturated rings. The first-order valence-corrected chi connectivity index (χ1v) is 6.83. The average molecular weight is 226 g/mol. The summed E-state index contributed by atoms with van der Waals surface area (Å²) in [7, 11) is 1.99. The van der Waals surface area contributed by atoms with Crippen LogP contribution in [0.1, 0.15) is 44.9 Å². The maximum Gasteiger partial charge on any atom is 0.0613 e. The van der Waals surface area contributed by atoms with E-state index < -0.39 is 0 Å². The van der Waals surface area contributed by atoms with Gasteiger partial charge in [0.2, 0.25) is 0 Å². The third-order valence-electron chi connectivity index (χ3n) is 4.57. The molecule has 1 aliphatic heterocycles. The molecule has 2 atom stereocenters. The van der Waals surface area contributed by atoms with Crippen molar-refractivity contribution in [1.29, 1.82) is 0 Å². The quantitative estimate of drug-likeness (QED) is 0.763. The molecule has 0 spiro atoms. The van der Waals surface area contributed by atoms with E-state index in [9.17, 15) is 5.11 Å². The predicted molar refractivity (Wildman–Crippen MR) is 66.6 cm³/mol. The van der Waals surface area contributed by atoms with Gasteiger partial charge in [0.05, 0.1) is 6.61 Å². The van der Waals surface area contributed by atoms with Crippen LogP contribution in [0, 0.1) is 0 Å². The first-order chi connectivity index (χ1) is 7.79. The molecule has 94 valence electrons. The SMILES string of the molecule is CNC1(CO)CCC(N2CCCCCC2)C1. The van der Waals surface area contributed by atoms with Crippen LogP contribution in [0.25, 0.3) is 0 Å². The van der Waals surface area contributed by atoms with Crippen molar-refractivity contribution >= 4 is 0 Å². The molecule has 3 heteroatoms. The van der Waals surface area contributed by atoms with E-state index in [4.69, 9.17) is 0 Å². The second kappa shape index (κ2) is 5.48. The minimum Gasteiger partial charge on any atom is -0.394 e. The molecular formula is C13H26N2O. The largest absolute Gasteiger partial charge is 0.394 e. The summed E-state index contributed by atoms with van der Waals surface area (Å²) >= 11 is 0. The molecule has 0 aromatic carbocycles. The molecule has 2 N–H and O–H groups in total. The van der Waals surface area contributed by atoms with E-state index in [0.29, 0.717) is 6.04 Å². The minimum atomic E-state index is 0.0109. The lowest BCUT2D eigenvalue weighted by molar-refractivity contribution is 0.149. The molecule has 0 bridgehead atoms. The van der Waals surface area contributed by atoms with Crippen LogP contribution >= 0.6 is 0 Å². The lowest BCUT2D eigenvalue weighted by atomic mass is 9.99. The Kier molecular flexibility index (Phi) is 4.22. The van der Waals surface area contributed by atoms with Gasteiger partial charge in [0.15, 0.2) is 0 Å². The summed E-state index contributed by atoms with van der Waals surface area (Å²) in [4.78, 5) is 2.67. The van der Waals surface area contributed by atoms with Crippen molar-refractivity contribution < 1.29 is 5.11 Å². The molecule has 16 heavy (non-hydrogen) atoms. The van der Waals surface area contributed by atoms with Gasteiger partial charge in [-0.25, -0.2) is 0 Å². The Morgan fingerprint density at radius 1 is 1.25 bits per heavy atom. The summed E-state index contributed by atoms with van der Waals surface area (Å²) in [5, 5.41) is 12.8. The van der Waals surface area contributed by atoms with Crippen LogP contribution in [-0.2, 0) is 0 Å². The zero-order valence-electron chi connectivity index (χ0n) is 10.5. The Morgan fingerprint density at radius 2 is 1.94 bits per heavy atom. The van der Waals surface area contributed by atoms with E-state index in [1.165, 1.54) is 45.2 Å². The fourth-order valence-electron chi connectivity index (χ4n) is 3.32. The number of likely N-dealkylation sites (N-methyl/N-ethyl adjacent to an activating group) is 1. The highest BCUT2D eigenvalue weighted by Crippen LogP contribution is 2.33. The molecule has 3 nitrogen and oxygen atoms in total. The Labute approximate surface area is 99.2 Å².